The van der Waals surface area contributed by atoms with Crippen LogP contribution >= 0.6 is 0 Å². The molecule has 0 bridgehead atoms. The highest BCUT2D eigenvalue weighted by molar-refractivity contribution is 6.08. The molecule has 0 atom stereocenters. The van der Waals surface area contributed by atoms with Crippen molar-refractivity contribution in [3.63, 3.8) is 0 Å². The van der Waals surface area contributed by atoms with Crippen molar-refractivity contribution < 1.29 is 49.4 Å². The van der Waals surface area contributed by atoms with E-state index in [0.717, 1.165) is 6.08 Å². The summed E-state index contributed by atoms with van der Waals surface area (Å²) >= 11 is 0. The summed E-state index contributed by atoms with van der Waals surface area (Å²) < 4.78 is 107. The zero-order chi connectivity index (χ0) is 21.0. The van der Waals surface area contributed by atoms with Crippen molar-refractivity contribution in [1.82, 2.24) is 0 Å². The molecule has 0 unspecified atom stereocenters. The van der Waals surface area contributed by atoms with Crippen molar-refractivity contribution in [2.24, 2.45) is 0 Å². The molecule has 3 nitrogen and oxygen atoms in total. The normalized spacial score (nSPS) is 13.3. The van der Waals surface area contributed by atoms with Crippen molar-refractivity contribution >= 4 is 17.6 Å². The second kappa shape index (κ2) is 8.05. The first-order valence-electron chi connectivity index (χ1n) is 7.07. The van der Waals surface area contributed by atoms with Gasteiger partial charge in [-0.1, -0.05) is 18.2 Å². The van der Waals surface area contributed by atoms with Crippen LogP contribution in [0.25, 0.3) is 6.08 Å². The highest BCUT2D eigenvalue weighted by Crippen LogP contribution is 2.49. The highest BCUT2D eigenvalue weighted by Gasteiger charge is 2.77. The maximum absolute atomic E-state index is 13.4. The number of ether oxygens (including phenoxy) is 1. The molecular weight excluding hydrogens is 392 g/mol. The van der Waals surface area contributed by atoms with E-state index in [4.69, 9.17) is 4.74 Å². The fourth-order valence-electron chi connectivity index (χ4n) is 1.75. The molecule has 0 aliphatic carbocycles. The van der Waals surface area contributed by atoms with Crippen molar-refractivity contribution in [1.29, 1.82) is 0 Å². The third-order valence-corrected chi connectivity index (χ3v) is 3.35. The number of benzene rings is 1. The van der Waals surface area contributed by atoms with Gasteiger partial charge < -0.3 is 4.74 Å². The largest absolute Gasteiger partial charge is 0.497 e. The van der Waals surface area contributed by atoms with Gasteiger partial charge in [0.2, 0.25) is 5.78 Å². The first kappa shape index (κ1) is 22.6. The summed E-state index contributed by atoms with van der Waals surface area (Å²) in [4.78, 5) is 22.7. The van der Waals surface area contributed by atoms with Gasteiger partial charge in [0.1, 0.15) is 5.75 Å². The second-order valence-corrected chi connectivity index (χ2v) is 5.25. The van der Waals surface area contributed by atoms with E-state index in [9.17, 15) is 44.7 Å². The average molecular weight is 404 g/mol. The molecule has 1 rings (SSSR count). The summed E-state index contributed by atoms with van der Waals surface area (Å²) in [6.07, 6.45) is -5.40. The SMILES string of the molecule is COc1ccc(/C=C/C(=O)CC(=O)C(F)(F)C(F)(F)C(F)(F)C(F)F)cc1. The smallest absolute Gasteiger partial charge is 0.385 e. The van der Waals surface area contributed by atoms with Crippen LogP contribution in [-0.2, 0) is 9.59 Å². The van der Waals surface area contributed by atoms with Gasteiger partial charge in [-0.15, -0.1) is 0 Å². The molecule has 11 heteroatoms. The summed E-state index contributed by atoms with van der Waals surface area (Å²) in [5.74, 6) is -23.2. The van der Waals surface area contributed by atoms with Crippen LogP contribution < -0.4 is 4.74 Å². The minimum Gasteiger partial charge on any atom is -0.497 e. The van der Waals surface area contributed by atoms with Gasteiger partial charge in [-0.3, -0.25) is 9.59 Å². The molecule has 0 heterocycles. The Balaban J connectivity index is 2.89. The van der Waals surface area contributed by atoms with E-state index < -0.39 is 42.2 Å². The number of hydrogen-bond acceptors (Lipinski definition) is 3. The number of halogens is 8. The molecule has 0 fully saturated rings. The molecule has 1 aromatic rings. The predicted octanol–water partition coefficient (Wildman–Crippen LogP) is 4.41. The number of ketones is 2. The molecule has 0 radical (unpaired) electrons. The van der Waals surface area contributed by atoms with Gasteiger partial charge in [0.05, 0.1) is 13.5 Å². The Labute approximate surface area is 147 Å². The summed E-state index contributed by atoms with van der Waals surface area (Å²) in [5.41, 5.74) is 0.345. The zero-order valence-electron chi connectivity index (χ0n) is 13.5. The van der Waals surface area contributed by atoms with Crippen molar-refractivity contribution in [3.05, 3.63) is 35.9 Å². The third-order valence-electron chi connectivity index (χ3n) is 3.35. The Kier molecular flexibility index (Phi) is 6.73. The summed E-state index contributed by atoms with van der Waals surface area (Å²) in [5, 5.41) is 0. The van der Waals surface area contributed by atoms with Crippen molar-refractivity contribution in [2.45, 2.75) is 30.6 Å². The van der Waals surface area contributed by atoms with E-state index in [0.29, 0.717) is 17.4 Å². The highest BCUT2D eigenvalue weighted by atomic mass is 19.4. The van der Waals surface area contributed by atoms with E-state index in [1.807, 2.05) is 0 Å². The lowest BCUT2D eigenvalue weighted by Gasteiger charge is -2.31. The Morgan fingerprint density at radius 2 is 1.56 bits per heavy atom. The predicted molar refractivity (Wildman–Crippen MR) is 77.5 cm³/mol. The molecule has 0 amide bonds. The standard InChI is InChI=1S/C16H12F8O3/c1-27-11-6-3-9(4-7-11)2-5-10(25)8-12(26)14(19,20)16(23,24)15(21,22)13(17)18/h2-7,13H,8H2,1H3/b5-2+. The van der Waals surface area contributed by atoms with Gasteiger partial charge in [-0.05, 0) is 23.8 Å². The molecule has 0 aromatic heterocycles. The topological polar surface area (TPSA) is 43.4 Å². The molecule has 27 heavy (non-hydrogen) atoms. The lowest BCUT2D eigenvalue weighted by atomic mass is 9.97. The van der Waals surface area contributed by atoms with Crippen molar-refractivity contribution in [2.75, 3.05) is 7.11 Å². The number of rotatable bonds is 9. The van der Waals surface area contributed by atoms with Crippen LogP contribution in [0, 0.1) is 0 Å². The van der Waals surface area contributed by atoms with Crippen LogP contribution in [0.5, 0.6) is 5.75 Å². The molecule has 0 aliphatic heterocycles. The van der Waals surface area contributed by atoms with Crippen LogP contribution in [0.1, 0.15) is 12.0 Å². The Morgan fingerprint density at radius 3 is 2.00 bits per heavy atom. The van der Waals surface area contributed by atoms with Gasteiger partial charge in [0.25, 0.3) is 0 Å². The van der Waals surface area contributed by atoms with Crippen molar-refractivity contribution in [3.8, 4) is 5.75 Å². The molecule has 0 saturated carbocycles. The van der Waals surface area contributed by atoms with Crippen LogP contribution in [0.2, 0.25) is 0 Å². The van der Waals surface area contributed by atoms with Crippen LogP contribution in [-0.4, -0.2) is 42.9 Å². The molecule has 0 saturated heterocycles. The Bertz CT molecular complexity index is 711. The van der Waals surface area contributed by atoms with E-state index in [1.165, 1.54) is 31.4 Å². The molecule has 0 N–H and O–H groups in total. The maximum Gasteiger partial charge on any atom is 0.385 e. The number of allylic oxidation sites excluding steroid dienone is 1. The molecular formula is C16H12F8O3. The molecule has 150 valence electrons. The fraction of sp³-hybridized carbons (Fsp3) is 0.375. The molecule has 0 spiro atoms. The Morgan fingerprint density at radius 1 is 1.04 bits per heavy atom. The van der Waals surface area contributed by atoms with E-state index in [2.05, 4.69) is 0 Å². The van der Waals surface area contributed by atoms with E-state index in [-0.39, 0.29) is 0 Å². The van der Waals surface area contributed by atoms with Gasteiger partial charge in [0.15, 0.2) is 5.78 Å². The second-order valence-electron chi connectivity index (χ2n) is 5.25. The first-order chi connectivity index (χ1) is 12.3. The Hall–Kier alpha value is -2.46. The van der Waals surface area contributed by atoms with Crippen LogP contribution in [0.3, 0.4) is 0 Å². The lowest BCUT2D eigenvalue weighted by molar-refractivity contribution is -0.327. The van der Waals surface area contributed by atoms with Gasteiger partial charge >= 0.3 is 24.2 Å². The third kappa shape index (κ3) is 4.64. The monoisotopic (exact) mass is 404 g/mol. The zero-order valence-corrected chi connectivity index (χ0v) is 13.5. The average Bonchev–Trinajstić information content (AvgIpc) is 2.59. The number of alkyl halides is 8. The van der Waals surface area contributed by atoms with Gasteiger partial charge in [-0.2, -0.15) is 26.3 Å². The van der Waals surface area contributed by atoms with E-state index in [1.54, 1.807) is 0 Å². The minimum absolute atomic E-state index is 0.345. The first-order valence-corrected chi connectivity index (χ1v) is 7.07. The number of Topliss-reactive ketones (excluding diaryl/α,β-unsaturated/α-hetero) is 1. The summed E-state index contributed by atoms with van der Waals surface area (Å²) in [7, 11) is 1.38. The number of carbonyl (C=O) groups excluding carboxylic acids is 2. The molecule has 0 aliphatic rings. The van der Waals surface area contributed by atoms with Crippen LogP contribution in [0.4, 0.5) is 35.1 Å². The van der Waals surface area contributed by atoms with Crippen LogP contribution in [0.15, 0.2) is 30.3 Å². The fourth-order valence-corrected chi connectivity index (χ4v) is 1.75. The number of hydrogen-bond donors (Lipinski definition) is 0. The van der Waals surface area contributed by atoms with Gasteiger partial charge in [-0.25, -0.2) is 8.78 Å². The maximum atomic E-state index is 13.4. The summed E-state index contributed by atoms with van der Waals surface area (Å²) in [6, 6.07) is 5.79. The number of methoxy groups -OCH3 is 1. The summed E-state index contributed by atoms with van der Waals surface area (Å²) in [6.45, 7) is 0. The minimum atomic E-state index is -6.68. The quantitative estimate of drug-likeness (QED) is 0.348. The number of carbonyl (C=O) groups is 2. The van der Waals surface area contributed by atoms with E-state index >= 15 is 0 Å². The van der Waals surface area contributed by atoms with Gasteiger partial charge in [0, 0.05) is 0 Å². The molecule has 1 aromatic carbocycles. The lowest BCUT2D eigenvalue weighted by Crippen LogP contribution is -2.60.